The lowest BCUT2D eigenvalue weighted by Crippen LogP contribution is -2.51. The van der Waals surface area contributed by atoms with Gasteiger partial charge in [-0.25, -0.2) is 0 Å². The number of rotatable bonds is 8. The summed E-state index contributed by atoms with van der Waals surface area (Å²) in [6.07, 6.45) is 7.24. The first-order chi connectivity index (χ1) is 16.6. The van der Waals surface area contributed by atoms with E-state index in [0.29, 0.717) is 17.9 Å². The molecule has 1 fully saturated rings. The summed E-state index contributed by atoms with van der Waals surface area (Å²) in [4.78, 5) is 3.45. The Morgan fingerprint density at radius 3 is 2.71 bits per heavy atom. The van der Waals surface area contributed by atoms with Crippen molar-refractivity contribution in [3.05, 3.63) is 78.5 Å². The molecule has 5 rings (SSSR count). The van der Waals surface area contributed by atoms with Crippen molar-refractivity contribution in [1.29, 1.82) is 0 Å². The van der Waals surface area contributed by atoms with Gasteiger partial charge in [0, 0.05) is 34.9 Å². The Morgan fingerprint density at radius 2 is 1.91 bits per heavy atom. The lowest BCUT2D eigenvalue weighted by Gasteiger charge is -2.37. The molecule has 4 aromatic rings. The van der Waals surface area contributed by atoms with Gasteiger partial charge >= 0.3 is 0 Å². The van der Waals surface area contributed by atoms with Gasteiger partial charge in [0.25, 0.3) is 0 Å². The molecule has 34 heavy (non-hydrogen) atoms. The molecule has 1 saturated heterocycles. The minimum Gasteiger partial charge on any atom is -0.387 e. The minimum absolute atomic E-state index is 0.0113. The van der Waals surface area contributed by atoms with E-state index < -0.39 is 6.10 Å². The van der Waals surface area contributed by atoms with E-state index in [9.17, 15) is 5.11 Å². The van der Waals surface area contributed by atoms with Gasteiger partial charge in [-0.15, -0.1) is 10.2 Å². The molecule has 2 aromatic heterocycles. The molecule has 0 spiro atoms. The maximum atomic E-state index is 10.9. The number of hydrogen-bond donors (Lipinski definition) is 4. The van der Waals surface area contributed by atoms with Crippen LogP contribution in [-0.2, 0) is 0 Å². The number of hydrogen-bond acceptors (Lipinski definition) is 5. The number of aromatic amines is 1. The molecule has 7 nitrogen and oxygen atoms in total. The molecule has 1 aliphatic heterocycles. The third kappa shape index (κ3) is 4.78. The van der Waals surface area contributed by atoms with Crippen LogP contribution in [0, 0.1) is 5.92 Å². The summed E-state index contributed by atoms with van der Waals surface area (Å²) in [6, 6.07) is 16.7. The van der Waals surface area contributed by atoms with Gasteiger partial charge in [-0.05, 0) is 74.0 Å². The lowest BCUT2D eigenvalue weighted by molar-refractivity contribution is 0.115. The third-order valence-corrected chi connectivity index (χ3v) is 7.30. The summed E-state index contributed by atoms with van der Waals surface area (Å²) in [5.74, 6) is 0.883. The second kappa shape index (κ2) is 10.1. The zero-order chi connectivity index (χ0) is 23.5. The molecule has 0 saturated carbocycles. The van der Waals surface area contributed by atoms with E-state index in [2.05, 4.69) is 64.1 Å². The van der Waals surface area contributed by atoms with Crippen LogP contribution in [0.3, 0.4) is 0 Å². The Bertz CT molecular complexity index is 1190. The fraction of sp³-hybridized carbons (Fsp3) is 0.407. The average Bonchev–Trinajstić information content (AvgIpc) is 3.55. The van der Waals surface area contributed by atoms with Crippen molar-refractivity contribution in [2.45, 2.75) is 50.8 Å². The molecular formula is C27H34N6O. The zero-order valence-electron chi connectivity index (χ0n) is 19.9. The highest BCUT2D eigenvalue weighted by Crippen LogP contribution is 2.33. The summed E-state index contributed by atoms with van der Waals surface area (Å²) < 4.78 is 1.94. The highest BCUT2D eigenvalue weighted by Gasteiger charge is 2.30. The Balaban J connectivity index is 1.30. The average molecular weight is 459 g/mol. The van der Waals surface area contributed by atoms with E-state index in [1.807, 2.05) is 34.9 Å². The van der Waals surface area contributed by atoms with Crippen LogP contribution in [0.1, 0.15) is 49.8 Å². The first kappa shape index (κ1) is 22.8. The minimum atomic E-state index is -0.515. The van der Waals surface area contributed by atoms with Crippen molar-refractivity contribution in [3.8, 4) is 5.69 Å². The molecule has 3 unspecified atom stereocenters. The third-order valence-electron chi connectivity index (χ3n) is 7.30. The molecule has 7 heteroatoms. The number of piperidine rings is 1. The van der Waals surface area contributed by atoms with E-state index in [4.69, 9.17) is 0 Å². The first-order valence-corrected chi connectivity index (χ1v) is 12.3. The first-order valence-electron chi connectivity index (χ1n) is 12.3. The van der Waals surface area contributed by atoms with Crippen LogP contribution in [0.2, 0.25) is 0 Å². The molecule has 1 aliphatic rings. The molecule has 0 amide bonds. The van der Waals surface area contributed by atoms with Crippen LogP contribution in [0.5, 0.6) is 0 Å². The highest BCUT2D eigenvalue weighted by molar-refractivity contribution is 5.85. The summed E-state index contributed by atoms with van der Waals surface area (Å²) in [5, 5.41) is 27.3. The zero-order valence-corrected chi connectivity index (χ0v) is 19.9. The maximum Gasteiger partial charge on any atom is 0.123 e. The van der Waals surface area contributed by atoms with Crippen LogP contribution in [-0.4, -0.2) is 50.0 Å². The van der Waals surface area contributed by atoms with E-state index in [0.717, 1.165) is 42.7 Å². The number of aliphatic hydroxyl groups is 1. The van der Waals surface area contributed by atoms with E-state index in [1.54, 1.807) is 12.7 Å². The fourth-order valence-electron chi connectivity index (χ4n) is 5.37. The van der Waals surface area contributed by atoms with Crippen molar-refractivity contribution in [2.24, 2.45) is 5.92 Å². The Morgan fingerprint density at radius 1 is 1.12 bits per heavy atom. The molecule has 2 aromatic carbocycles. The number of nitrogens with one attached hydrogen (secondary N) is 3. The number of aromatic nitrogens is 4. The van der Waals surface area contributed by atoms with Gasteiger partial charge in [-0.3, -0.25) is 4.57 Å². The van der Waals surface area contributed by atoms with Gasteiger partial charge in [0.2, 0.25) is 0 Å². The monoisotopic (exact) mass is 458 g/mol. The molecule has 0 aliphatic carbocycles. The molecular weight excluding hydrogens is 424 g/mol. The van der Waals surface area contributed by atoms with E-state index >= 15 is 0 Å². The summed E-state index contributed by atoms with van der Waals surface area (Å²) in [5.41, 5.74) is 4.51. The van der Waals surface area contributed by atoms with Crippen LogP contribution >= 0.6 is 0 Å². The highest BCUT2D eigenvalue weighted by atomic mass is 16.3. The van der Waals surface area contributed by atoms with Crippen molar-refractivity contribution in [1.82, 2.24) is 30.4 Å². The van der Waals surface area contributed by atoms with Crippen molar-refractivity contribution in [3.63, 3.8) is 0 Å². The number of benzene rings is 2. The Hall–Kier alpha value is -3.00. The van der Waals surface area contributed by atoms with Gasteiger partial charge in [-0.1, -0.05) is 37.3 Å². The van der Waals surface area contributed by atoms with Gasteiger partial charge in [0.15, 0.2) is 0 Å². The number of nitrogens with zero attached hydrogens (tertiary/aromatic N) is 3. The van der Waals surface area contributed by atoms with Crippen LogP contribution < -0.4 is 10.6 Å². The molecule has 0 radical (unpaired) electrons. The lowest BCUT2D eigenvalue weighted by atomic mass is 9.82. The maximum absolute atomic E-state index is 10.9. The van der Waals surface area contributed by atoms with Gasteiger partial charge in [0.1, 0.15) is 12.7 Å². The standard InChI is InChI=1S/C27H34N6O/c1-18(24-15-29-26-9-8-22(13-23(24)26)33-16-30-31-17-33)12-21-14-28-11-10-25(21)32-19(2)27(34)20-6-4-3-5-7-20/h3-9,13,15-19,21,25,27-29,32,34H,10-12,14H2,1-2H3/t18-,19+,21?,25?,27?/m0/s1. The second-order valence-electron chi connectivity index (χ2n) is 9.65. The van der Waals surface area contributed by atoms with Crippen molar-refractivity contribution < 1.29 is 5.11 Å². The molecule has 178 valence electrons. The Kier molecular flexibility index (Phi) is 6.76. The smallest absolute Gasteiger partial charge is 0.123 e. The summed E-state index contributed by atoms with van der Waals surface area (Å²) >= 11 is 0. The SMILES string of the molecule is C[C@@H](CC1CNCCC1N[C@H](C)C(O)c1ccccc1)c1c[nH]c2ccc(-n3cnnc3)cc12. The van der Waals surface area contributed by atoms with E-state index in [1.165, 1.54) is 10.9 Å². The number of aliphatic hydroxyl groups excluding tert-OH is 1. The summed E-state index contributed by atoms with van der Waals surface area (Å²) in [6.45, 7) is 6.41. The second-order valence-corrected chi connectivity index (χ2v) is 9.65. The summed E-state index contributed by atoms with van der Waals surface area (Å²) in [7, 11) is 0. The normalized spacial score (nSPS) is 21.4. The van der Waals surface area contributed by atoms with Gasteiger partial charge in [0.05, 0.1) is 6.10 Å². The fourth-order valence-corrected chi connectivity index (χ4v) is 5.37. The molecule has 4 N–H and O–H groups in total. The van der Waals surface area contributed by atoms with Gasteiger partial charge < -0.3 is 20.7 Å². The topological polar surface area (TPSA) is 90.8 Å². The molecule has 5 atom stereocenters. The van der Waals surface area contributed by atoms with Crippen molar-refractivity contribution in [2.75, 3.05) is 13.1 Å². The quantitative estimate of drug-likeness (QED) is 0.321. The van der Waals surface area contributed by atoms with E-state index in [-0.39, 0.29) is 6.04 Å². The largest absolute Gasteiger partial charge is 0.387 e. The van der Waals surface area contributed by atoms with Crippen LogP contribution in [0.25, 0.3) is 16.6 Å². The number of fused-ring (bicyclic) bond motifs is 1. The van der Waals surface area contributed by atoms with Crippen molar-refractivity contribution >= 4 is 10.9 Å². The van der Waals surface area contributed by atoms with Gasteiger partial charge in [-0.2, -0.15) is 0 Å². The Labute approximate surface area is 200 Å². The molecule has 3 heterocycles. The number of H-pyrrole nitrogens is 1. The predicted octanol–water partition coefficient (Wildman–Crippen LogP) is 3.93. The molecule has 0 bridgehead atoms. The van der Waals surface area contributed by atoms with Crippen LogP contribution in [0.4, 0.5) is 0 Å². The van der Waals surface area contributed by atoms with Crippen LogP contribution in [0.15, 0.2) is 67.4 Å². The predicted molar refractivity (Wildman–Crippen MR) is 135 cm³/mol.